The van der Waals surface area contributed by atoms with Gasteiger partial charge in [0.25, 0.3) is 0 Å². The average molecular weight is 1130 g/mol. The van der Waals surface area contributed by atoms with Crippen molar-refractivity contribution in [3.63, 3.8) is 0 Å². The maximum Gasteiger partial charge on any atom is 0.416 e. The maximum absolute atomic E-state index is 14.2. The molecule has 0 amide bonds. The van der Waals surface area contributed by atoms with Crippen LogP contribution in [0, 0.1) is 6.92 Å². The van der Waals surface area contributed by atoms with Crippen LogP contribution in [0.3, 0.4) is 0 Å². The molecule has 77 heavy (non-hydrogen) atoms. The van der Waals surface area contributed by atoms with Crippen LogP contribution in [0.1, 0.15) is 60.4 Å². The number of nitrogens with zero attached hydrogens (tertiary/aromatic N) is 1. The van der Waals surface area contributed by atoms with Crippen LogP contribution in [0.25, 0.3) is 10.8 Å². The lowest BCUT2D eigenvalue weighted by Gasteiger charge is -2.46. The third-order valence-corrected chi connectivity index (χ3v) is 12.0. The molecule has 0 aliphatic heterocycles. The molecule has 6 aromatic carbocycles. The minimum absolute atomic E-state index is 0.142. The van der Waals surface area contributed by atoms with Gasteiger partial charge in [0.05, 0.1) is 44.5 Å². The summed E-state index contributed by atoms with van der Waals surface area (Å²) in [4.78, 5) is 12.4. The van der Waals surface area contributed by atoms with E-state index in [2.05, 4.69) is 12.1 Å². The zero-order valence-corrected chi connectivity index (χ0v) is 38.0. The van der Waals surface area contributed by atoms with Crippen molar-refractivity contribution in [2.45, 2.75) is 62.9 Å². The Morgan fingerprint density at radius 1 is 0.364 bits per heavy atom. The summed E-state index contributed by atoms with van der Waals surface area (Å²) in [5.74, 6) is 0.142. The second kappa shape index (κ2) is 20.3. The van der Waals surface area contributed by atoms with E-state index in [1.54, 1.807) is 0 Å². The standard InChI is InChI=1S/C32H12BF24.C18H16NO/c34-25(35,36)13-1-14(26(37,38)39)6-21(5-13)33(22-7-15(27(40,41)42)2-16(8-22)28(43,44)45,23-9-17(29(46,47)48)3-18(10-23)30(49,50)51)24-11-19(31(52,53)54)4-20(12-24)32(55,56)57;1-14-6-2-5-9-17(14)18(20)13-19-11-10-15-7-3-4-8-16(15)12-19/h1-12H;2-12H,13H2,1H3/q-1;+1. The number of hydrogen-bond donors (Lipinski definition) is 0. The lowest BCUT2D eigenvalue weighted by Crippen LogP contribution is -2.75. The number of carbonyl (C=O) groups is 1. The fourth-order valence-electron chi connectivity index (χ4n) is 8.48. The molecule has 0 atom stereocenters. The first-order valence-corrected chi connectivity index (χ1v) is 21.3. The summed E-state index contributed by atoms with van der Waals surface area (Å²) in [7, 11) is 0. The topological polar surface area (TPSA) is 20.9 Å². The number of rotatable bonds is 7. The van der Waals surface area contributed by atoms with Gasteiger partial charge in [-0.3, -0.25) is 4.79 Å². The van der Waals surface area contributed by atoms with Gasteiger partial charge in [-0.1, -0.05) is 91.0 Å². The lowest BCUT2D eigenvalue weighted by atomic mass is 9.12. The van der Waals surface area contributed by atoms with Gasteiger partial charge in [-0.2, -0.15) is 132 Å². The Balaban J connectivity index is 0.000000397. The molecule has 0 saturated carbocycles. The number of hydrogen-bond acceptors (Lipinski definition) is 1. The molecule has 7 rings (SSSR count). The Bertz CT molecular complexity index is 2880. The quantitative estimate of drug-likeness (QED) is 0.0674. The Kier molecular flexibility index (Phi) is 15.6. The Hall–Kier alpha value is -7.22. The largest absolute Gasteiger partial charge is 0.416 e. The number of ketones is 1. The summed E-state index contributed by atoms with van der Waals surface area (Å²) in [6.45, 7) is 2.34. The van der Waals surface area contributed by atoms with Gasteiger partial charge in [-0.05, 0) is 48.2 Å². The second-order valence-corrected chi connectivity index (χ2v) is 17.2. The third kappa shape index (κ3) is 13.3. The molecule has 1 heterocycles. The van der Waals surface area contributed by atoms with Crippen LogP contribution in [0.2, 0.25) is 0 Å². The van der Waals surface area contributed by atoms with Crippen LogP contribution in [0.15, 0.2) is 140 Å². The number of alkyl halides is 24. The van der Waals surface area contributed by atoms with E-state index in [0.717, 1.165) is 16.5 Å². The van der Waals surface area contributed by atoms with E-state index < -0.39 is 195 Å². The molecule has 0 aliphatic carbocycles. The van der Waals surface area contributed by atoms with E-state index in [0.29, 0.717) is 6.54 Å². The molecule has 410 valence electrons. The zero-order valence-electron chi connectivity index (χ0n) is 38.0. The number of Topliss-reactive ketones (excluding diaryl/α,β-unsaturated/α-hetero) is 1. The van der Waals surface area contributed by atoms with Crippen LogP contribution < -0.4 is 26.4 Å². The Morgan fingerprint density at radius 2 is 0.623 bits per heavy atom. The highest BCUT2D eigenvalue weighted by Gasteiger charge is 2.47. The summed E-state index contributed by atoms with van der Waals surface area (Å²) < 4.78 is 343. The SMILES string of the molecule is Cc1ccccc1C(=O)C[n+]1ccc2ccccc2c1.FC(F)(F)c1cc([B-](c2cc(C(F)(F)F)cc(C(F)(F)F)c2)(c2cc(C(F)(F)F)cc(C(F)(F)F)c2)c2cc(C(F)(F)F)cc(C(F)(F)F)c2)cc(C(F)(F)F)c1. The summed E-state index contributed by atoms with van der Waals surface area (Å²) in [6, 6.07) is 9.11. The first-order chi connectivity index (χ1) is 35.0. The van der Waals surface area contributed by atoms with Crippen molar-refractivity contribution >= 4 is 44.6 Å². The van der Waals surface area contributed by atoms with Crippen molar-refractivity contribution in [3.05, 3.63) is 195 Å². The number of carbonyl (C=O) groups excluding carboxylic acids is 1. The van der Waals surface area contributed by atoms with Crippen molar-refractivity contribution in [1.29, 1.82) is 0 Å². The van der Waals surface area contributed by atoms with Crippen molar-refractivity contribution < 1.29 is 115 Å². The first kappa shape index (κ1) is 59.0. The van der Waals surface area contributed by atoms with Gasteiger partial charge in [0.2, 0.25) is 12.3 Å². The molecule has 0 aliphatic rings. The predicted molar refractivity (Wildman–Crippen MR) is 230 cm³/mol. The summed E-state index contributed by atoms with van der Waals surface area (Å²) in [5.41, 5.74) is -28.4. The van der Waals surface area contributed by atoms with Crippen LogP contribution in [-0.2, 0) is 56.0 Å². The molecule has 0 unspecified atom stereocenters. The van der Waals surface area contributed by atoms with Gasteiger partial charge in [-0.25, -0.2) is 0 Å². The summed E-state index contributed by atoms with van der Waals surface area (Å²) >= 11 is 0. The minimum Gasteiger partial charge on any atom is -0.287 e. The average Bonchev–Trinajstić information content (AvgIpc) is 3.29. The summed E-state index contributed by atoms with van der Waals surface area (Å²) in [5, 5.41) is 2.33. The van der Waals surface area contributed by atoms with E-state index in [9.17, 15) is 110 Å². The minimum atomic E-state index is -6.13. The monoisotopic (exact) mass is 1130 g/mol. The molecule has 0 spiro atoms. The lowest BCUT2D eigenvalue weighted by molar-refractivity contribution is -0.681. The van der Waals surface area contributed by atoms with E-state index in [-0.39, 0.29) is 5.78 Å². The Morgan fingerprint density at radius 3 is 0.896 bits per heavy atom. The fraction of sp³-hybridized carbons (Fsp3) is 0.200. The smallest absolute Gasteiger partial charge is 0.287 e. The number of halogens is 24. The van der Waals surface area contributed by atoms with Crippen LogP contribution >= 0.6 is 0 Å². The molecule has 0 radical (unpaired) electrons. The van der Waals surface area contributed by atoms with Crippen LogP contribution in [0.4, 0.5) is 105 Å². The highest BCUT2D eigenvalue weighted by molar-refractivity contribution is 7.20. The van der Waals surface area contributed by atoms with Gasteiger partial charge in [0, 0.05) is 17.0 Å². The fourth-order valence-corrected chi connectivity index (χ4v) is 8.48. The highest BCUT2D eigenvalue weighted by atomic mass is 19.4. The van der Waals surface area contributed by atoms with Gasteiger partial charge in [-0.15, -0.1) is 0 Å². The number of aryl methyl sites for hydroxylation is 1. The van der Waals surface area contributed by atoms with Gasteiger partial charge in [0.1, 0.15) is 6.15 Å². The molecule has 0 bridgehead atoms. The summed E-state index contributed by atoms with van der Waals surface area (Å²) in [6.07, 6.45) is -50.8. The number of benzene rings is 6. The zero-order chi connectivity index (χ0) is 57.9. The van der Waals surface area contributed by atoms with Gasteiger partial charge >= 0.3 is 49.4 Å². The molecule has 0 N–H and O–H groups in total. The molecular weight excluding hydrogens is 1100 g/mol. The number of aromatic nitrogens is 1. The first-order valence-electron chi connectivity index (χ1n) is 21.3. The second-order valence-electron chi connectivity index (χ2n) is 17.2. The molecule has 1 aromatic heterocycles. The molecule has 2 nitrogen and oxygen atoms in total. The van der Waals surface area contributed by atoms with Crippen molar-refractivity contribution in [3.8, 4) is 0 Å². The van der Waals surface area contributed by atoms with Gasteiger partial charge in [0.15, 0.2) is 12.4 Å². The molecule has 0 saturated heterocycles. The highest BCUT2D eigenvalue weighted by Crippen LogP contribution is 2.41. The van der Waals surface area contributed by atoms with E-state index >= 15 is 0 Å². The molecular formula is C50H28BF24NO. The van der Waals surface area contributed by atoms with E-state index in [1.165, 1.54) is 5.39 Å². The van der Waals surface area contributed by atoms with E-state index in [1.807, 2.05) is 66.3 Å². The third-order valence-electron chi connectivity index (χ3n) is 12.0. The van der Waals surface area contributed by atoms with Gasteiger partial charge < -0.3 is 0 Å². The van der Waals surface area contributed by atoms with Crippen LogP contribution in [-0.4, -0.2) is 11.9 Å². The van der Waals surface area contributed by atoms with Crippen molar-refractivity contribution in [1.82, 2.24) is 0 Å². The number of pyridine rings is 1. The molecule has 0 fully saturated rings. The molecule has 27 heteroatoms. The van der Waals surface area contributed by atoms with Crippen molar-refractivity contribution in [2.24, 2.45) is 0 Å². The Labute approximate surface area is 417 Å². The van der Waals surface area contributed by atoms with E-state index in [4.69, 9.17) is 0 Å². The maximum atomic E-state index is 14.2. The van der Waals surface area contributed by atoms with Crippen LogP contribution in [0.5, 0.6) is 0 Å². The van der Waals surface area contributed by atoms with Crippen molar-refractivity contribution in [2.75, 3.05) is 0 Å². The predicted octanol–water partition coefficient (Wildman–Crippen LogP) is 14.5. The number of fused-ring (bicyclic) bond motifs is 1. The molecule has 7 aromatic rings. The normalized spacial score (nSPS) is 13.4.